The molecule has 4 unspecified atom stereocenters. The third kappa shape index (κ3) is 4.82. The maximum atomic E-state index is 13.3. The molecule has 2 aliphatic rings. The molecule has 2 aromatic rings. The predicted molar refractivity (Wildman–Crippen MR) is 131 cm³/mol. The molecule has 0 aromatic heterocycles. The first-order valence-corrected chi connectivity index (χ1v) is 12.0. The van der Waals surface area contributed by atoms with Gasteiger partial charge in [0.15, 0.2) is 11.5 Å². The Hall–Kier alpha value is -3.40. The number of amides is 2. The zero-order valence-corrected chi connectivity index (χ0v) is 20.4. The summed E-state index contributed by atoms with van der Waals surface area (Å²) in [7, 11) is 1.48. The van der Waals surface area contributed by atoms with Crippen molar-refractivity contribution in [3.8, 4) is 11.5 Å². The van der Waals surface area contributed by atoms with Crippen molar-refractivity contribution in [1.82, 2.24) is 10.2 Å². The number of rotatable bonds is 9. The molecule has 9 nitrogen and oxygen atoms in total. The second-order valence-electron chi connectivity index (χ2n) is 8.88. The number of nitrogens with one attached hydrogen (secondary N) is 1. The van der Waals surface area contributed by atoms with E-state index in [-0.39, 0.29) is 38.6 Å². The highest BCUT2D eigenvalue weighted by molar-refractivity contribution is 5.96. The number of ether oxygens (including phenoxy) is 2. The van der Waals surface area contributed by atoms with Gasteiger partial charge in [0, 0.05) is 30.6 Å². The first-order chi connectivity index (χ1) is 17.4. The van der Waals surface area contributed by atoms with Gasteiger partial charge in [-0.15, -0.1) is 0 Å². The van der Waals surface area contributed by atoms with Crippen LogP contribution in [0.15, 0.2) is 54.1 Å². The molecule has 0 bridgehead atoms. The SMILES string of the molecule is CCC(=O)N(Cc1ccccc1)C1C=C(C(=O)NCCO)C2c3cc(CO)cc(OC)c3OC2C1O. The van der Waals surface area contributed by atoms with Crippen molar-refractivity contribution in [3.05, 3.63) is 70.8 Å². The molecule has 36 heavy (non-hydrogen) atoms. The van der Waals surface area contributed by atoms with Crippen LogP contribution in [0.1, 0.15) is 36.0 Å². The van der Waals surface area contributed by atoms with Crippen LogP contribution in [0.2, 0.25) is 0 Å². The number of carbonyl (C=O) groups excluding carboxylic acids is 2. The highest BCUT2D eigenvalue weighted by Gasteiger charge is 2.51. The van der Waals surface area contributed by atoms with E-state index < -0.39 is 30.1 Å². The first-order valence-electron chi connectivity index (χ1n) is 12.0. The molecule has 0 spiro atoms. The fraction of sp³-hybridized carbons (Fsp3) is 0.407. The Bertz CT molecular complexity index is 1130. The molecule has 0 saturated carbocycles. The molecule has 0 fully saturated rings. The van der Waals surface area contributed by atoms with Gasteiger partial charge >= 0.3 is 0 Å². The summed E-state index contributed by atoms with van der Waals surface area (Å²) >= 11 is 0. The van der Waals surface area contributed by atoms with Crippen LogP contribution in [0.5, 0.6) is 11.5 Å². The summed E-state index contributed by atoms with van der Waals surface area (Å²) in [6, 6.07) is 12.0. The average Bonchev–Trinajstić information content (AvgIpc) is 3.30. The number of benzene rings is 2. The van der Waals surface area contributed by atoms with Crippen molar-refractivity contribution in [2.24, 2.45) is 0 Å². The van der Waals surface area contributed by atoms with Crippen LogP contribution in [0.25, 0.3) is 0 Å². The zero-order valence-electron chi connectivity index (χ0n) is 20.4. The summed E-state index contributed by atoms with van der Waals surface area (Å²) in [4.78, 5) is 27.9. The summed E-state index contributed by atoms with van der Waals surface area (Å²) in [5.74, 6) is -0.481. The van der Waals surface area contributed by atoms with E-state index in [0.29, 0.717) is 28.2 Å². The van der Waals surface area contributed by atoms with E-state index in [1.54, 1.807) is 30.0 Å². The van der Waals surface area contributed by atoms with Gasteiger partial charge in [-0.05, 0) is 29.3 Å². The number of aliphatic hydroxyl groups excluding tert-OH is 3. The fourth-order valence-electron chi connectivity index (χ4n) is 4.96. The lowest BCUT2D eigenvalue weighted by atomic mass is 9.77. The maximum absolute atomic E-state index is 13.3. The Morgan fingerprint density at radius 2 is 1.89 bits per heavy atom. The van der Waals surface area contributed by atoms with Gasteiger partial charge in [-0.1, -0.05) is 37.3 Å². The molecule has 4 N–H and O–H groups in total. The van der Waals surface area contributed by atoms with Crippen molar-refractivity contribution in [1.29, 1.82) is 0 Å². The van der Waals surface area contributed by atoms with E-state index in [4.69, 9.17) is 9.47 Å². The first kappa shape index (κ1) is 25.7. The second-order valence-corrected chi connectivity index (χ2v) is 8.88. The number of methoxy groups -OCH3 is 1. The molecule has 9 heteroatoms. The summed E-state index contributed by atoms with van der Waals surface area (Å²) in [5, 5.41) is 33.2. The van der Waals surface area contributed by atoms with Gasteiger partial charge < -0.3 is 35.0 Å². The molecule has 4 rings (SSSR count). The molecule has 2 amide bonds. The summed E-state index contributed by atoms with van der Waals surface area (Å²) < 4.78 is 11.7. The topological polar surface area (TPSA) is 129 Å². The van der Waals surface area contributed by atoms with Gasteiger partial charge in [0.05, 0.1) is 32.3 Å². The molecule has 4 atom stereocenters. The minimum absolute atomic E-state index is 0.0517. The van der Waals surface area contributed by atoms with E-state index in [2.05, 4.69) is 5.32 Å². The van der Waals surface area contributed by atoms with Crippen LogP contribution in [0, 0.1) is 0 Å². The fourth-order valence-corrected chi connectivity index (χ4v) is 4.96. The van der Waals surface area contributed by atoms with Crippen LogP contribution >= 0.6 is 0 Å². The number of hydrogen-bond donors (Lipinski definition) is 4. The molecular formula is C27H32N2O7. The lowest BCUT2D eigenvalue weighted by Gasteiger charge is -2.40. The summed E-state index contributed by atoms with van der Waals surface area (Å²) in [5.41, 5.74) is 2.40. The average molecular weight is 497 g/mol. The van der Waals surface area contributed by atoms with Crippen molar-refractivity contribution in [2.75, 3.05) is 20.3 Å². The van der Waals surface area contributed by atoms with E-state index in [1.165, 1.54) is 7.11 Å². The van der Waals surface area contributed by atoms with Gasteiger partial charge in [0.2, 0.25) is 11.8 Å². The van der Waals surface area contributed by atoms with E-state index in [1.807, 2.05) is 30.3 Å². The Kier molecular flexibility index (Phi) is 7.93. The predicted octanol–water partition coefficient (Wildman–Crippen LogP) is 1.25. The number of fused-ring (bicyclic) bond motifs is 3. The largest absolute Gasteiger partial charge is 0.493 e. The van der Waals surface area contributed by atoms with Gasteiger partial charge in [0.25, 0.3) is 0 Å². The van der Waals surface area contributed by atoms with Crippen LogP contribution in [0.4, 0.5) is 0 Å². The second kappa shape index (κ2) is 11.1. The van der Waals surface area contributed by atoms with E-state index in [0.717, 1.165) is 5.56 Å². The molecule has 0 saturated heterocycles. The number of aliphatic hydroxyl groups is 3. The summed E-state index contributed by atoms with van der Waals surface area (Å²) in [6.07, 6.45) is -0.154. The Labute approximate surface area is 210 Å². The smallest absolute Gasteiger partial charge is 0.247 e. The third-order valence-electron chi connectivity index (χ3n) is 6.67. The molecule has 2 aromatic carbocycles. The summed E-state index contributed by atoms with van der Waals surface area (Å²) in [6.45, 7) is 1.58. The lowest BCUT2D eigenvalue weighted by Crippen LogP contribution is -2.55. The molecule has 1 heterocycles. The number of carbonyl (C=O) groups is 2. The van der Waals surface area contributed by atoms with Gasteiger partial charge in [-0.3, -0.25) is 9.59 Å². The standard InChI is InChI=1S/C27H32N2O7/c1-3-22(32)29(14-16-7-5-4-6-8-16)20-13-19(27(34)28-9-10-30)23-18-11-17(15-31)12-21(35-2)25(18)36-26(23)24(20)33/h4-8,11-13,20,23-24,26,30-31,33H,3,9-10,14-15H2,1-2H3,(H,28,34). The molecule has 0 radical (unpaired) electrons. The van der Waals surface area contributed by atoms with Crippen molar-refractivity contribution < 1.29 is 34.4 Å². The van der Waals surface area contributed by atoms with Crippen LogP contribution in [-0.2, 0) is 22.7 Å². The third-order valence-corrected chi connectivity index (χ3v) is 6.67. The molecule has 1 aliphatic carbocycles. The highest BCUT2D eigenvalue weighted by Crippen LogP contribution is 2.51. The van der Waals surface area contributed by atoms with E-state index >= 15 is 0 Å². The quantitative estimate of drug-likeness (QED) is 0.411. The Morgan fingerprint density at radius 3 is 2.53 bits per heavy atom. The zero-order chi connectivity index (χ0) is 25.8. The number of nitrogens with zero attached hydrogens (tertiary/aromatic N) is 1. The maximum Gasteiger partial charge on any atom is 0.247 e. The normalized spacial score (nSPS) is 22.1. The molecule has 192 valence electrons. The minimum Gasteiger partial charge on any atom is -0.493 e. The van der Waals surface area contributed by atoms with Crippen LogP contribution in [0.3, 0.4) is 0 Å². The Morgan fingerprint density at radius 1 is 1.14 bits per heavy atom. The van der Waals surface area contributed by atoms with Gasteiger partial charge in [-0.2, -0.15) is 0 Å². The van der Waals surface area contributed by atoms with Gasteiger partial charge in [-0.25, -0.2) is 0 Å². The molecular weight excluding hydrogens is 464 g/mol. The van der Waals surface area contributed by atoms with Crippen molar-refractivity contribution in [3.63, 3.8) is 0 Å². The van der Waals surface area contributed by atoms with E-state index in [9.17, 15) is 24.9 Å². The Balaban J connectivity index is 1.81. The monoisotopic (exact) mass is 496 g/mol. The highest BCUT2D eigenvalue weighted by atomic mass is 16.5. The van der Waals surface area contributed by atoms with Crippen LogP contribution in [-0.4, -0.2) is 70.5 Å². The van der Waals surface area contributed by atoms with Crippen molar-refractivity contribution >= 4 is 11.8 Å². The molecule has 1 aliphatic heterocycles. The van der Waals surface area contributed by atoms with Gasteiger partial charge in [0.1, 0.15) is 12.2 Å². The number of hydrogen-bond acceptors (Lipinski definition) is 7. The minimum atomic E-state index is -1.14. The van der Waals surface area contributed by atoms with Crippen molar-refractivity contribution in [2.45, 2.75) is 50.7 Å². The van der Waals surface area contributed by atoms with Crippen LogP contribution < -0.4 is 14.8 Å². The lowest BCUT2D eigenvalue weighted by molar-refractivity contribution is -0.137.